The summed E-state index contributed by atoms with van der Waals surface area (Å²) in [6, 6.07) is 9.07. The summed E-state index contributed by atoms with van der Waals surface area (Å²) in [6.07, 6.45) is 1.53. The Morgan fingerprint density at radius 3 is 2.31 bits per heavy atom. The second-order valence-corrected chi connectivity index (χ2v) is 7.64. The average molecular weight is 356 g/mol. The number of hydrogen-bond acceptors (Lipinski definition) is 4. The molecule has 0 N–H and O–H groups in total. The van der Waals surface area contributed by atoms with Gasteiger partial charge in [0, 0.05) is 18.8 Å². The van der Waals surface area contributed by atoms with E-state index in [-0.39, 0.29) is 17.8 Å². The molecule has 0 saturated carbocycles. The SMILES string of the molecule is CCn1ccc(=O)n(Cc2cccc(B3OC(C)(C)C(C)(C)O3)c2)c1=O. The van der Waals surface area contributed by atoms with Crippen LogP contribution < -0.4 is 16.7 Å². The Morgan fingerprint density at radius 1 is 1.04 bits per heavy atom. The van der Waals surface area contributed by atoms with Gasteiger partial charge < -0.3 is 13.9 Å². The van der Waals surface area contributed by atoms with Gasteiger partial charge in [0.15, 0.2) is 0 Å². The Labute approximate surface area is 153 Å². The summed E-state index contributed by atoms with van der Waals surface area (Å²) in [7, 11) is -0.472. The van der Waals surface area contributed by atoms with E-state index < -0.39 is 18.3 Å². The van der Waals surface area contributed by atoms with Crippen LogP contribution in [0, 0.1) is 0 Å². The lowest BCUT2D eigenvalue weighted by atomic mass is 9.78. The van der Waals surface area contributed by atoms with Crippen molar-refractivity contribution in [3.63, 3.8) is 0 Å². The van der Waals surface area contributed by atoms with Crippen molar-refractivity contribution in [2.75, 3.05) is 0 Å². The van der Waals surface area contributed by atoms with Crippen molar-refractivity contribution in [1.82, 2.24) is 9.13 Å². The molecule has 7 heteroatoms. The van der Waals surface area contributed by atoms with Gasteiger partial charge >= 0.3 is 12.8 Å². The van der Waals surface area contributed by atoms with Crippen LogP contribution in [-0.4, -0.2) is 27.5 Å². The van der Waals surface area contributed by atoms with E-state index in [0.29, 0.717) is 6.54 Å². The molecule has 26 heavy (non-hydrogen) atoms. The Balaban J connectivity index is 1.91. The minimum Gasteiger partial charge on any atom is -0.399 e. The van der Waals surface area contributed by atoms with E-state index in [1.807, 2.05) is 58.9 Å². The lowest BCUT2D eigenvalue weighted by Crippen LogP contribution is -2.41. The first-order valence-electron chi connectivity index (χ1n) is 8.89. The summed E-state index contributed by atoms with van der Waals surface area (Å²) in [5, 5.41) is 0. The third-order valence-corrected chi connectivity index (χ3v) is 5.30. The molecule has 3 rings (SSSR count). The molecule has 1 aromatic carbocycles. The zero-order valence-corrected chi connectivity index (χ0v) is 16.0. The van der Waals surface area contributed by atoms with Crippen LogP contribution >= 0.6 is 0 Å². The van der Waals surface area contributed by atoms with Crippen LogP contribution in [0.25, 0.3) is 0 Å². The molecular formula is C19H25BN2O4. The molecule has 0 amide bonds. The van der Waals surface area contributed by atoms with E-state index in [2.05, 4.69) is 0 Å². The van der Waals surface area contributed by atoms with Gasteiger partial charge in [0.1, 0.15) is 0 Å². The molecule has 0 spiro atoms. The van der Waals surface area contributed by atoms with E-state index >= 15 is 0 Å². The lowest BCUT2D eigenvalue weighted by Gasteiger charge is -2.32. The van der Waals surface area contributed by atoms with Crippen molar-refractivity contribution in [3.8, 4) is 0 Å². The van der Waals surface area contributed by atoms with Gasteiger partial charge in [-0.05, 0) is 45.6 Å². The average Bonchev–Trinajstić information content (AvgIpc) is 2.80. The van der Waals surface area contributed by atoms with Gasteiger partial charge in [0.2, 0.25) is 0 Å². The highest BCUT2D eigenvalue weighted by Crippen LogP contribution is 2.36. The topological polar surface area (TPSA) is 62.5 Å². The van der Waals surface area contributed by atoms with Crippen LogP contribution in [0.5, 0.6) is 0 Å². The van der Waals surface area contributed by atoms with E-state index in [1.54, 1.807) is 0 Å². The van der Waals surface area contributed by atoms with Crippen molar-refractivity contribution in [2.45, 2.75) is 58.9 Å². The largest absolute Gasteiger partial charge is 0.494 e. The number of aryl methyl sites for hydroxylation is 1. The number of hydrogen-bond donors (Lipinski definition) is 0. The van der Waals surface area contributed by atoms with Gasteiger partial charge in [0.05, 0.1) is 17.7 Å². The van der Waals surface area contributed by atoms with Crippen LogP contribution in [0.4, 0.5) is 0 Å². The van der Waals surface area contributed by atoms with E-state index in [1.165, 1.54) is 21.4 Å². The smallest absolute Gasteiger partial charge is 0.399 e. The number of rotatable bonds is 4. The lowest BCUT2D eigenvalue weighted by molar-refractivity contribution is 0.00578. The summed E-state index contributed by atoms with van der Waals surface area (Å²) in [5.74, 6) is 0. The molecule has 6 nitrogen and oxygen atoms in total. The van der Waals surface area contributed by atoms with Crippen LogP contribution in [0.15, 0.2) is 46.1 Å². The van der Waals surface area contributed by atoms with Crippen molar-refractivity contribution in [1.29, 1.82) is 0 Å². The Hall–Kier alpha value is -2.12. The first-order chi connectivity index (χ1) is 12.1. The molecule has 1 saturated heterocycles. The highest BCUT2D eigenvalue weighted by molar-refractivity contribution is 6.62. The predicted molar refractivity (Wildman–Crippen MR) is 102 cm³/mol. The highest BCUT2D eigenvalue weighted by atomic mass is 16.7. The van der Waals surface area contributed by atoms with Crippen molar-refractivity contribution < 1.29 is 9.31 Å². The fourth-order valence-electron chi connectivity index (χ4n) is 2.94. The fraction of sp³-hybridized carbons (Fsp3) is 0.474. The first kappa shape index (κ1) is 18.7. The molecule has 2 heterocycles. The molecule has 0 aliphatic carbocycles. The van der Waals surface area contributed by atoms with E-state index in [4.69, 9.17) is 9.31 Å². The molecule has 0 bridgehead atoms. The van der Waals surface area contributed by atoms with Crippen LogP contribution in [0.3, 0.4) is 0 Å². The third kappa shape index (κ3) is 3.29. The van der Waals surface area contributed by atoms with Crippen molar-refractivity contribution >= 4 is 12.6 Å². The molecule has 1 aromatic heterocycles. The standard InChI is InChI=1S/C19H25BN2O4/c1-6-21-11-10-16(23)22(17(21)24)13-14-8-7-9-15(12-14)20-25-18(2,3)19(4,5)26-20/h7-12H,6,13H2,1-5H3. The maximum atomic E-state index is 12.4. The molecule has 0 radical (unpaired) electrons. The predicted octanol–water partition coefficient (Wildman–Crippen LogP) is 1.38. The zero-order chi connectivity index (χ0) is 19.1. The molecule has 138 valence electrons. The molecule has 1 aliphatic rings. The third-order valence-electron chi connectivity index (χ3n) is 5.30. The van der Waals surface area contributed by atoms with Gasteiger partial charge in [-0.2, -0.15) is 0 Å². The van der Waals surface area contributed by atoms with E-state index in [9.17, 15) is 9.59 Å². The Bertz CT molecular complexity index is 914. The van der Waals surface area contributed by atoms with Crippen LogP contribution in [-0.2, 0) is 22.4 Å². The summed E-state index contributed by atoms with van der Waals surface area (Å²) in [5.41, 5.74) is 0.283. The summed E-state index contributed by atoms with van der Waals surface area (Å²) in [4.78, 5) is 24.5. The maximum absolute atomic E-state index is 12.4. The summed E-state index contributed by atoms with van der Waals surface area (Å²) in [6.45, 7) is 10.6. The molecule has 0 atom stereocenters. The van der Waals surface area contributed by atoms with Gasteiger partial charge in [0.25, 0.3) is 5.56 Å². The molecule has 1 aliphatic heterocycles. The van der Waals surface area contributed by atoms with Crippen molar-refractivity contribution in [3.05, 3.63) is 62.9 Å². The summed E-state index contributed by atoms with van der Waals surface area (Å²) >= 11 is 0. The highest BCUT2D eigenvalue weighted by Gasteiger charge is 2.51. The number of benzene rings is 1. The van der Waals surface area contributed by atoms with Crippen LogP contribution in [0.2, 0.25) is 0 Å². The monoisotopic (exact) mass is 356 g/mol. The fourth-order valence-corrected chi connectivity index (χ4v) is 2.94. The first-order valence-corrected chi connectivity index (χ1v) is 8.89. The Kier molecular flexibility index (Phi) is 4.71. The van der Waals surface area contributed by atoms with Crippen molar-refractivity contribution in [2.24, 2.45) is 0 Å². The maximum Gasteiger partial charge on any atom is 0.494 e. The van der Waals surface area contributed by atoms with Gasteiger partial charge in [-0.15, -0.1) is 0 Å². The van der Waals surface area contributed by atoms with Crippen LogP contribution in [0.1, 0.15) is 40.2 Å². The van der Waals surface area contributed by atoms with Gasteiger partial charge in [-0.1, -0.05) is 24.3 Å². The second kappa shape index (κ2) is 6.56. The van der Waals surface area contributed by atoms with Gasteiger partial charge in [-0.3, -0.25) is 9.36 Å². The molecule has 0 unspecified atom stereocenters. The summed E-state index contributed by atoms with van der Waals surface area (Å²) < 4.78 is 14.9. The van der Waals surface area contributed by atoms with E-state index in [0.717, 1.165) is 11.0 Å². The van der Waals surface area contributed by atoms with Gasteiger partial charge in [-0.25, -0.2) is 4.79 Å². The molecule has 1 fully saturated rings. The minimum absolute atomic E-state index is 0.214. The zero-order valence-electron chi connectivity index (χ0n) is 16.0. The minimum atomic E-state index is -0.472. The second-order valence-electron chi connectivity index (χ2n) is 7.64. The Morgan fingerprint density at radius 2 is 1.69 bits per heavy atom. The molecule has 2 aromatic rings. The number of aromatic nitrogens is 2. The quantitative estimate of drug-likeness (QED) is 0.777. The normalized spacial score (nSPS) is 18.3. The molecular weight excluding hydrogens is 331 g/mol. The number of nitrogens with zero attached hydrogens (tertiary/aromatic N) is 2.